The van der Waals surface area contributed by atoms with Gasteiger partial charge < -0.3 is 24.6 Å². The minimum absolute atomic E-state index is 0.0401. The number of hydrogen-bond donors (Lipinski definition) is 1. The second kappa shape index (κ2) is 7.81. The van der Waals surface area contributed by atoms with E-state index in [-0.39, 0.29) is 18.2 Å². The average molecular weight is 334 g/mol. The fraction of sp³-hybridized carbons (Fsp3) is 0.647. The van der Waals surface area contributed by atoms with Crippen LogP contribution in [0, 0.1) is 0 Å². The number of nitrogens with zero attached hydrogens (tertiary/aromatic N) is 3. The number of carbonyl (C=O) groups excluding carboxylic acids is 1. The van der Waals surface area contributed by atoms with Crippen molar-refractivity contribution in [1.82, 2.24) is 15.2 Å². The lowest BCUT2D eigenvalue weighted by Crippen LogP contribution is -2.51. The number of rotatable bonds is 3. The van der Waals surface area contributed by atoms with E-state index in [0.29, 0.717) is 19.6 Å². The van der Waals surface area contributed by atoms with Gasteiger partial charge in [-0.25, -0.2) is 9.78 Å². The summed E-state index contributed by atoms with van der Waals surface area (Å²) in [5.41, 5.74) is 1.05. The quantitative estimate of drug-likeness (QED) is 0.901. The molecule has 2 fully saturated rings. The van der Waals surface area contributed by atoms with Crippen molar-refractivity contribution >= 4 is 11.8 Å². The van der Waals surface area contributed by atoms with Gasteiger partial charge >= 0.3 is 6.03 Å². The first-order valence-electron chi connectivity index (χ1n) is 8.57. The number of ether oxygens (including phenoxy) is 2. The number of pyridine rings is 1. The zero-order valence-electron chi connectivity index (χ0n) is 14.4. The molecular weight excluding hydrogens is 308 g/mol. The van der Waals surface area contributed by atoms with Crippen molar-refractivity contribution in [2.45, 2.75) is 32.6 Å². The van der Waals surface area contributed by atoms with Crippen LogP contribution in [0.25, 0.3) is 0 Å². The Bertz CT molecular complexity index is 553. The lowest BCUT2D eigenvalue weighted by molar-refractivity contribution is -0.0545. The molecule has 0 spiro atoms. The molecule has 3 heterocycles. The van der Waals surface area contributed by atoms with Gasteiger partial charge in [-0.15, -0.1) is 0 Å². The Morgan fingerprint density at radius 2 is 2.00 bits per heavy atom. The maximum atomic E-state index is 12.4. The monoisotopic (exact) mass is 334 g/mol. The molecule has 3 rings (SSSR count). The van der Waals surface area contributed by atoms with Gasteiger partial charge in [-0.1, -0.05) is 0 Å². The van der Waals surface area contributed by atoms with E-state index < -0.39 is 0 Å². The Morgan fingerprint density at radius 3 is 2.71 bits per heavy atom. The Balaban J connectivity index is 1.55. The molecule has 2 amide bonds. The third-order valence-electron chi connectivity index (χ3n) is 4.30. The normalized spacial score (nSPS) is 24.8. The highest BCUT2D eigenvalue weighted by Crippen LogP contribution is 2.15. The van der Waals surface area contributed by atoms with Crippen LogP contribution in [0.1, 0.15) is 19.4 Å². The molecule has 2 aliphatic heterocycles. The second-order valence-electron chi connectivity index (χ2n) is 6.44. The molecule has 7 nitrogen and oxygen atoms in total. The van der Waals surface area contributed by atoms with Crippen molar-refractivity contribution in [2.24, 2.45) is 0 Å². The Hall–Kier alpha value is -1.86. The van der Waals surface area contributed by atoms with Gasteiger partial charge in [-0.05, 0) is 31.5 Å². The number of aromatic nitrogens is 1. The van der Waals surface area contributed by atoms with E-state index in [9.17, 15) is 4.79 Å². The van der Waals surface area contributed by atoms with Gasteiger partial charge in [0.25, 0.3) is 0 Å². The number of anilines is 1. The van der Waals surface area contributed by atoms with Gasteiger partial charge in [0.05, 0.1) is 25.4 Å². The van der Waals surface area contributed by atoms with Gasteiger partial charge in [-0.3, -0.25) is 0 Å². The molecule has 132 valence electrons. The molecule has 0 aromatic carbocycles. The Labute approximate surface area is 142 Å². The highest BCUT2D eigenvalue weighted by molar-refractivity contribution is 5.74. The first-order valence-corrected chi connectivity index (χ1v) is 8.57. The molecule has 2 saturated heterocycles. The van der Waals surface area contributed by atoms with Crippen LogP contribution in [0.5, 0.6) is 0 Å². The number of morpholine rings is 2. The molecule has 7 heteroatoms. The van der Waals surface area contributed by atoms with Crippen LogP contribution in [0.3, 0.4) is 0 Å². The number of hydrogen-bond acceptors (Lipinski definition) is 5. The minimum Gasteiger partial charge on any atom is -0.378 e. The van der Waals surface area contributed by atoms with E-state index in [4.69, 9.17) is 9.47 Å². The smallest absolute Gasteiger partial charge is 0.317 e. The molecule has 1 N–H and O–H groups in total. The summed E-state index contributed by atoms with van der Waals surface area (Å²) < 4.78 is 11.0. The molecule has 0 saturated carbocycles. The van der Waals surface area contributed by atoms with Crippen LogP contribution < -0.4 is 10.2 Å². The molecule has 2 aliphatic rings. The van der Waals surface area contributed by atoms with Crippen molar-refractivity contribution in [3.8, 4) is 0 Å². The highest BCUT2D eigenvalue weighted by atomic mass is 16.5. The number of urea groups is 1. The van der Waals surface area contributed by atoms with Crippen molar-refractivity contribution in [3.05, 3.63) is 23.9 Å². The highest BCUT2D eigenvalue weighted by Gasteiger charge is 2.25. The Morgan fingerprint density at radius 1 is 1.29 bits per heavy atom. The molecule has 0 aliphatic carbocycles. The SMILES string of the molecule is C[C@@H]1CN(C(=O)NCc2ccnc(N3CCOCC3)c2)C[C@@H](C)O1. The van der Waals surface area contributed by atoms with Crippen molar-refractivity contribution in [3.63, 3.8) is 0 Å². The number of carbonyl (C=O) groups is 1. The molecule has 2 atom stereocenters. The van der Waals surface area contributed by atoms with Gasteiger partial charge in [0.1, 0.15) is 5.82 Å². The Kier molecular flexibility index (Phi) is 5.52. The third kappa shape index (κ3) is 4.36. The first kappa shape index (κ1) is 17.0. The van der Waals surface area contributed by atoms with Gasteiger partial charge in [0.2, 0.25) is 0 Å². The van der Waals surface area contributed by atoms with E-state index in [1.54, 1.807) is 6.20 Å². The van der Waals surface area contributed by atoms with E-state index in [0.717, 1.165) is 37.7 Å². The maximum Gasteiger partial charge on any atom is 0.317 e. The van der Waals surface area contributed by atoms with Crippen molar-refractivity contribution in [1.29, 1.82) is 0 Å². The molecule has 0 unspecified atom stereocenters. The fourth-order valence-electron chi connectivity index (χ4n) is 3.17. The van der Waals surface area contributed by atoms with E-state index in [1.807, 2.05) is 30.9 Å². The average Bonchev–Trinajstić information content (AvgIpc) is 2.60. The van der Waals surface area contributed by atoms with Crippen LogP contribution in [-0.2, 0) is 16.0 Å². The number of amides is 2. The lowest BCUT2D eigenvalue weighted by atomic mass is 10.2. The van der Waals surface area contributed by atoms with Crippen molar-refractivity contribution < 1.29 is 14.3 Å². The zero-order valence-corrected chi connectivity index (χ0v) is 14.4. The summed E-state index contributed by atoms with van der Waals surface area (Å²) in [6.45, 7) is 8.92. The van der Waals surface area contributed by atoms with Gasteiger partial charge in [-0.2, -0.15) is 0 Å². The predicted molar refractivity (Wildman–Crippen MR) is 91.1 cm³/mol. The van der Waals surface area contributed by atoms with E-state index in [2.05, 4.69) is 15.2 Å². The minimum atomic E-state index is -0.0401. The zero-order chi connectivity index (χ0) is 16.9. The van der Waals surface area contributed by atoms with Crippen LogP contribution >= 0.6 is 0 Å². The van der Waals surface area contributed by atoms with Crippen LogP contribution in [0.2, 0.25) is 0 Å². The van der Waals surface area contributed by atoms with Crippen LogP contribution in [0.15, 0.2) is 18.3 Å². The summed E-state index contributed by atoms with van der Waals surface area (Å²) in [6, 6.07) is 3.94. The standard InChI is InChI=1S/C17H26N4O3/c1-13-11-21(12-14(2)24-13)17(22)19-10-15-3-4-18-16(9-15)20-5-7-23-8-6-20/h3-4,9,13-14H,5-8,10-12H2,1-2H3,(H,19,22)/t13-,14-/m1/s1. The van der Waals surface area contributed by atoms with Gasteiger partial charge in [0, 0.05) is 38.9 Å². The summed E-state index contributed by atoms with van der Waals surface area (Å²) in [4.78, 5) is 20.8. The molecule has 24 heavy (non-hydrogen) atoms. The van der Waals surface area contributed by atoms with Crippen LogP contribution in [0.4, 0.5) is 10.6 Å². The number of nitrogens with one attached hydrogen (secondary N) is 1. The summed E-state index contributed by atoms with van der Waals surface area (Å²) in [7, 11) is 0. The molecule has 1 aromatic heterocycles. The largest absolute Gasteiger partial charge is 0.378 e. The van der Waals surface area contributed by atoms with Crippen molar-refractivity contribution in [2.75, 3.05) is 44.3 Å². The molecule has 1 aromatic rings. The predicted octanol–water partition coefficient (Wildman–Crippen LogP) is 1.24. The lowest BCUT2D eigenvalue weighted by Gasteiger charge is -2.35. The summed E-state index contributed by atoms with van der Waals surface area (Å²) in [6.07, 6.45) is 1.95. The van der Waals surface area contributed by atoms with E-state index >= 15 is 0 Å². The van der Waals surface area contributed by atoms with Crippen LogP contribution in [-0.4, -0.2) is 67.5 Å². The second-order valence-corrected chi connectivity index (χ2v) is 6.44. The summed E-state index contributed by atoms with van der Waals surface area (Å²) >= 11 is 0. The topological polar surface area (TPSA) is 66.9 Å². The summed E-state index contributed by atoms with van der Waals surface area (Å²) in [5, 5.41) is 3.00. The third-order valence-corrected chi connectivity index (χ3v) is 4.30. The molecule has 0 radical (unpaired) electrons. The molecule has 0 bridgehead atoms. The van der Waals surface area contributed by atoms with E-state index in [1.165, 1.54) is 0 Å². The fourth-order valence-corrected chi connectivity index (χ4v) is 3.17. The van der Waals surface area contributed by atoms with Gasteiger partial charge in [0.15, 0.2) is 0 Å². The molecular formula is C17H26N4O3. The first-order chi connectivity index (χ1) is 11.6. The maximum absolute atomic E-state index is 12.4. The summed E-state index contributed by atoms with van der Waals surface area (Å²) in [5.74, 6) is 0.943.